The fourth-order valence-electron chi connectivity index (χ4n) is 4.78. The molecule has 3 aromatic carbocycles. The molecule has 0 bridgehead atoms. The summed E-state index contributed by atoms with van der Waals surface area (Å²) in [5.41, 5.74) is 4.24. The largest absolute Gasteiger partial charge is 0.573 e. The number of urea groups is 1. The van der Waals surface area contributed by atoms with Crippen molar-refractivity contribution in [1.82, 2.24) is 20.1 Å². The number of aryl methyl sites for hydroxylation is 1. The molecule has 3 amide bonds. The summed E-state index contributed by atoms with van der Waals surface area (Å²) < 4.78 is 42.6. The van der Waals surface area contributed by atoms with Gasteiger partial charge in [-0.25, -0.2) is 14.5 Å². The number of hydrogen-bond acceptors (Lipinski definition) is 6. The Bertz CT molecular complexity index is 1670. The van der Waals surface area contributed by atoms with Gasteiger partial charge in [0, 0.05) is 12.1 Å². The number of aromatic nitrogens is 3. The molecule has 4 aromatic rings. The number of carbonyl (C=O) groups excluding carboxylic acids is 2. The van der Waals surface area contributed by atoms with Crippen molar-refractivity contribution in [2.24, 2.45) is 4.99 Å². The van der Waals surface area contributed by atoms with Crippen molar-refractivity contribution in [3.8, 4) is 22.8 Å². The molecule has 1 aliphatic heterocycles. The maximum Gasteiger partial charge on any atom is 0.573 e. The number of carbonyl (C=O) groups is 2. The van der Waals surface area contributed by atoms with Crippen LogP contribution in [0.4, 0.5) is 23.7 Å². The monoisotopic (exact) mass is 636 g/mol. The van der Waals surface area contributed by atoms with E-state index in [1.807, 2.05) is 48.5 Å². The molecule has 0 unspecified atom stereocenters. The molecule has 1 fully saturated rings. The van der Waals surface area contributed by atoms with Gasteiger partial charge in [0.15, 0.2) is 11.0 Å². The van der Waals surface area contributed by atoms with Gasteiger partial charge in [-0.3, -0.25) is 9.69 Å². The average Bonchev–Trinajstić information content (AvgIpc) is 3.64. The van der Waals surface area contributed by atoms with E-state index in [1.165, 1.54) is 51.9 Å². The van der Waals surface area contributed by atoms with Crippen LogP contribution in [-0.2, 0) is 11.2 Å². The summed E-state index contributed by atoms with van der Waals surface area (Å²) in [5.74, 6) is 0.533. The summed E-state index contributed by atoms with van der Waals surface area (Å²) in [6.07, 6.45) is -0.848. The average molecular weight is 637 g/mol. The topological polar surface area (TPSA) is 102 Å². The minimum absolute atomic E-state index is 0.0945. The van der Waals surface area contributed by atoms with E-state index in [2.05, 4.69) is 39.0 Å². The Balaban J connectivity index is 1.09. The van der Waals surface area contributed by atoms with E-state index in [1.54, 1.807) is 0 Å². The standard InChI is InChI=1S/C32H31F3N6O3S/c1-21(2)26-8-3-4-9-27(26)41-28(42)19-45-31(41)38-30(43)36-18-6-5-7-22-10-12-23(13-11-22)29-37-20-40(39-29)24-14-16-25(17-15-24)44-32(33,34)35/h3-4,8-17,20-21H,5-7,18-19H2,1-2H3,(H,36,43)/b38-31-. The van der Waals surface area contributed by atoms with Gasteiger partial charge in [-0.1, -0.05) is 68.1 Å². The van der Waals surface area contributed by atoms with Gasteiger partial charge in [0.25, 0.3) is 0 Å². The summed E-state index contributed by atoms with van der Waals surface area (Å²) >= 11 is 1.26. The van der Waals surface area contributed by atoms with E-state index in [9.17, 15) is 22.8 Å². The zero-order valence-electron chi connectivity index (χ0n) is 24.6. The molecule has 0 aliphatic carbocycles. The third kappa shape index (κ3) is 8.29. The maximum absolute atomic E-state index is 12.6. The number of amides is 3. The van der Waals surface area contributed by atoms with Crippen LogP contribution < -0.4 is 15.0 Å². The minimum atomic E-state index is -4.75. The number of alkyl halides is 3. The lowest BCUT2D eigenvalue weighted by Crippen LogP contribution is -2.32. The number of nitrogens with zero attached hydrogens (tertiary/aromatic N) is 5. The molecule has 0 atom stereocenters. The summed E-state index contributed by atoms with van der Waals surface area (Å²) in [5, 5.41) is 7.64. The number of halogens is 3. The number of aliphatic imine (C=N–C) groups is 1. The second kappa shape index (κ2) is 14.0. The van der Waals surface area contributed by atoms with E-state index < -0.39 is 12.4 Å². The first-order chi connectivity index (χ1) is 21.6. The highest BCUT2D eigenvalue weighted by Crippen LogP contribution is 2.33. The zero-order chi connectivity index (χ0) is 32.0. The maximum atomic E-state index is 12.6. The Morgan fingerprint density at radius 2 is 1.78 bits per heavy atom. The van der Waals surface area contributed by atoms with Crippen molar-refractivity contribution in [3.63, 3.8) is 0 Å². The van der Waals surface area contributed by atoms with Crippen LogP contribution in [0.1, 0.15) is 43.7 Å². The van der Waals surface area contributed by atoms with Gasteiger partial charge in [0.1, 0.15) is 12.1 Å². The number of ether oxygens (including phenoxy) is 1. The van der Waals surface area contributed by atoms with E-state index in [0.717, 1.165) is 41.6 Å². The lowest BCUT2D eigenvalue weighted by molar-refractivity contribution is -0.274. The molecule has 9 nitrogen and oxygen atoms in total. The number of hydrogen-bond donors (Lipinski definition) is 1. The van der Waals surface area contributed by atoms with Gasteiger partial charge >= 0.3 is 12.4 Å². The number of unbranched alkanes of at least 4 members (excludes halogenated alkanes) is 1. The first-order valence-corrected chi connectivity index (χ1v) is 15.3. The first kappa shape index (κ1) is 31.8. The van der Waals surface area contributed by atoms with Gasteiger partial charge in [-0.15, -0.1) is 18.3 Å². The van der Waals surface area contributed by atoms with Crippen LogP contribution >= 0.6 is 11.8 Å². The second-order valence-electron chi connectivity index (χ2n) is 10.6. The summed E-state index contributed by atoms with van der Waals surface area (Å²) in [4.78, 5) is 35.2. The molecule has 45 heavy (non-hydrogen) atoms. The molecular formula is C32H31F3N6O3S. The van der Waals surface area contributed by atoms with E-state index in [0.29, 0.717) is 23.2 Å². The quantitative estimate of drug-likeness (QED) is 0.186. The third-order valence-corrected chi connectivity index (χ3v) is 7.89. The highest BCUT2D eigenvalue weighted by molar-refractivity contribution is 8.15. The van der Waals surface area contributed by atoms with Crippen LogP contribution in [-0.4, -0.2) is 50.5 Å². The smallest absolute Gasteiger partial charge is 0.406 e. The SMILES string of the molecule is CC(C)c1ccccc1N1C(=O)CS/C1=N\C(=O)NCCCCc1ccc(-c2ncn(-c3ccc(OC(F)(F)F)cc3)n2)cc1. The number of nitrogens with one attached hydrogen (secondary N) is 1. The van der Waals surface area contributed by atoms with Crippen molar-refractivity contribution in [2.45, 2.75) is 45.4 Å². The van der Waals surface area contributed by atoms with Gasteiger partial charge in [0.2, 0.25) is 5.91 Å². The molecule has 1 aromatic heterocycles. The van der Waals surface area contributed by atoms with Crippen molar-refractivity contribution in [2.75, 3.05) is 17.2 Å². The summed E-state index contributed by atoms with van der Waals surface area (Å²) in [6.45, 7) is 4.58. The molecule has 13 heteroatoms. The molecule has 234 valence electrons. The number of rotatable bonds is 10. The van der Waals surface area contributed by atoms with Crippen LogP contribution in [0.3, 0.4) is 0 Å². The van der Waals surface area contributed by atoms with Crippen LogP contribution in [0.2, 0.25) is 0 Å². The van der Waals surface area contributed by atoms with Gasteiger partial charge < -0.3 is 10.1 Å². The van der Waals surface area contributed by atoms with Crippen LogP contribution in [0.25, 0.3) is 17.1 Å². The zero-order valence-corrected chi connectivity index (χ0v) is 25.4. The van der Waals surface area contributed by atoms with E-state index in [4.69, 9.17) is 0 Å². The molecule has 0 spiro atoms. The highest BCUT2D eigenvalue weighted by atomic mass is 32.2. The fraction of sp³-hybridized carbons (Fsp3) is 0.281. The Morgan fingerprint density at radius 3 is 2.49 bits per heavy atom. The predicted molar refractivity (Wildman–Crippen MR) is 168 cm³/mol. The minimum Gasteiger partial charge on any atom is -0.406 e. The molecular weight excluding hydrogens is 605 g/mol. The van der Waals surface area contributed by atoms with Gasteiger partial charge in [-0.05, 0) is 66.6 Å². The predicted octanol–water partition coefficient (Wildman–Crippen LogP) is 7.12. The lowest BCUT2D eigenvalue weighted by Gasteiger charge is -2.21. The van der Waals surface area contributed by atoms with Crippen molar-refractivity contribution >= 4 is 34.6 Å². The first-order valence-electron chi connectivity index (χ1n) is 14.4. The second-order valence-corrected chi connectivity index (χ2v) is 11.5. The van der Waals surface area contributed by atoms with E-state index >= 15 is 0 Å². The molecule has 0 saturated carbocycles. The lowest BCUT2D eigenvalue weighted by atomic mass is 10.0. The Morgan fingerprint density at radius 1 is 1.04 bits per heavy atom. The van der Waals surface area contributed by atoms with E-state index in [-0.39, 0.29) is 23.3 Å². The van der Waals surface area contributed by atoms with Gasteiger partial charge in [0.05, 0.1) is 17.1 Å². The molecule has 1 saturated heterocycles. The fourth-order valence-corrected chi connectivity index (χ4v) is 5.64. The number of anilines is 1. The highest BCUT2D eigenvalue weighted by Gasteiger charge is 2.32. The number of thioether (sulfide) groups is 1. The third-order valence-electron chi connectivity index (χ3n) is 6.97. The van der Waals surface area contributed by atoms with Crippen LogP contribution in [0.15, 0.2) is 84.1 Å². The normalized spacial score (nSPS) is 14.4. The Hall–Kier alpha value is -4.65. The number of amidine groups is 1. The summed E-state index contributed by atoms with van der Waals surface area (Å²) in [7, 11) is 0. The molecule has 5 rings (SSSR count). The molecule has 0 radical (unpaired) electrons. The summed E-state index contributed by atoms with van der Waals surface area (Å²) in [6, 6.07) is 20.4. The number of benzene rings is 3. The molecule has 1 N–H and O–H groups in total. The molecule has 1 aliphatic rings. The Kier molecular flexibility index (Phi) is 9.87. The number of para-hydroxylation sites is 1. The van der Waals surface area contributed by atoms with Crippen molar-refractivity contribution in [1.29, 1.82) is 0 Å². The van der Waals surface area contributed by atoms with Crippen LogP contribution in [0, 0.1) is 0 Å². The van der Waals surface area contributed by atoms with Crippen LogP contribution in [0.5, 0.6) is 5.75 Å². The Labute approximate surface area is 262 Å². The van der Waals surface area contributed by atoms with Gasteiger partial charge in [-0.2, -0.15) is 4.99 Å². The molecule has 2 heterocycles. The van der Waals surface area contributed by atoms with Crippen molar-refractivity contribution in [3.05, 3.63) is 90.3 Å². The van der Waals surface area contributed by atoms with Crippen molar-refractivity contribution < 1.29 is 27.5 Å².